The van der Waals surface area contributed by atoms with Crippen molar-refractivity contribution >= 4 is 11.9 Å². The first-order chi connectivity index (χ1) is 9.08. The molecular formula is C12H12F3NO4. The summed E-state index contributed by atoms with van der Waals surface area (Å²) in [7, 11) is 0. The van der Waals surface area contributed by atoms with Crippen LogP contribution in [0.25, 0.3) is 0 Å². The average molecular weight is 291 g/mol. The first-order valence-corrected chi connectivity index (χ1v) is 5.46. The Morgan fingerprint density at radius 3 is 2.30 bits per heavy atom. The van der Waals surface area contributed by atoms with Crippen LogP contribution in [0.2, 0.25) is 0 Å². The summed E-state index contributed by atoms with van der Waals surface area (Å²) in [4.78, 5) is 22.4. The second kappa shape index (κ2) is 5.40. The van der Waals surface area contributed by atoms with Crippen molar-refractivity contribution in [3.05, 3.63) is 29.1 Å². The number of carboxylic acid groups (broad SMARTS) is 1. The number of aliphatic carboxylic acids is 1. The number of halogens is 3. The van der Waals surface area contributed by atoms with Gasteiger partial charge in [-0.1, -0.05) is 0 Å². The Bertz CT molecular complexity index is 572. The third-order valence-electron chi connectivity index (χ3n) is 2.65. The van der Waals surface area contributed by atoms with Crippen LogP contribution in [0.15, 0.2) is 6.07 Å². The molecule has 0 aliphatic heterocycles. The largest absolute Gasteiger partial charge is 0.503 e. The molecule has 0 aliphatic carbocycles. The summed E-state index contributed by atoms with van der Waals surface area (Å²) in [6.07, 6.45) is 0. The predicted molar refractivity (Wildman–Crippen MR) is 61.7 cm³/mol. The SMILES string of the molecule is CC(C)(CNC(=O)c1cc(F)c(F)c(O)c1F)C(=O)O. The summed E-state index contributed by atoms with van der Waals surface area (Å²) in [5, 5.41) is 19.9. The van der Waals surface area contributed by atoms with E-state index in [9.17, 15) is 22.8 Å². The fraction of sp³-hybridized carbons (Fsp3) is 0.333. The minimum Gasteiger partial charge on any atom is -0.503 e. The second-order valence-corrected chi connectivity index (χ2v) is 4.75. The summed E-state index contributed by atoms with van der Waals surface area (Å²) in [6, 6.07) is 0.285. The van der Waals surface area contributed by atoms with Crippen LogP contribution in [0.1, 0.15) is 24.2 Å². The topological polar surface area (TPSA) is 86.6 Å². The van der Waals surface area contributed by atoms with Gasteiger partial charge in [-0.25, -0.2) is 8.78 Å². The van der Waals surface area contributed by atoms with Crippen molar-refractivity contribution in [2.24, 2.45) is 5.41 Å². The molecule has 0 unspecified atom stereocenters. The molecule has 0 saturated heterocycles. The maximum Gasteiger partial charge on any atom is 0.310 e. The molecule has 110 valence electrons. The first-order valence-electron chi connectivity index (χ1n) is 5.46. The van der Waals surface area contributed by atoms with Crippen LogP contribution >= 0.6 is 0 Å². The van der Waals surface area contributed by atoms with E-state index in [-0.39, 0.29) is 12.6 Å². The van der Waals surface area contributed by atoms with Crippen molar-refractivity contribution in [1.82, 2.24) is 5.32 Å². The number of carboxylic acids is 1. The maximum atomic E-state index is 13.4. The number of benzene rings is 1. The zero-order valence-electron chi connectivity index (χ0n) is 10.6. The third kappa shape index (κ3) is 3.01. The second-order valence-electron chi connectivity index (χ2n) is 4.75. The van der Waals surface area contributed by atoms with E-state index < -0.39 is 46.1 Å². The zero-order chi connectivity index (χ0) is 15.7. The molecule has 0 spiro atoms. The smallest absolute Gasteiger partial charge is 0.310 e. The van der Waals surface area contributed by atoms with Crippen LogP contribution < -0.4 is 5.32 Å². The standard InChI is InChI=1S/C12H12F3NO4/c1-12(2,11(19)20)4-16-10(18)5-3-6(13)8(15)9(17)7(5)14/h3,17H,4H2,1-2H3,(H,16,18)(H,19,20). The molecule has 1 amide bonds. The van der Waals surface area contributed by atoms with Crippen molar-refractivity contribution in [3.63, 3.8) is 0 Å². The number of rotatable bonds is 4. The van der Waals surface area contributed by atoms with Crippen LogP contribution in [-0.2, 0) is 4.79 Å². The zero-order valence-corrected chi connectivity index (χ0v) is 10.6. The van der Waals surface area contributed by atoms with Gasteiger partial charge in [-0.15, -0.1) is 0 Å². The molecule has 1 rings (SSSR count). The van der Waals surface area contributed by atoms with E-state index in [0.717, 1.165) is 0 Å². The molecule has 3 N–H and O–H groups in total. The van der Waals surface area contributed by atoms with E-state index >= 15 is 0 Å². The van der Waals surface area contributed by atoms with Crippen LogP contribution in [-0.4, -0.2) is 28.6 Å². The number of aromatic hydroxyl groups is 1. The van der Waals surface area contributed by atoms with Crippen LogP contribution in [0, 0.1) is 22.9 Å². The van der Waals surface area contributed by atoms with Gasteiger partial charge in [0.25, 0.3) is 5.91 Å². The Kier molecular flexibility index (Phi) is 4.26. The summed E-state index contributed by atoms with van der Waals surface area (Å²) >= 11 is 0. The van der Waals surface area contributed by atoms with Crippen molar-refractivity contribution < 1.29 is 33.0 Å². The summed E-state index contributed by atoms with van der Waals surface area (Å²) < 4.78 is 39.3. The Morgan fingerprint density at radius 1 is 1.25 bits per heavy atom. The molecule has 0 heterocycles. The van der Waals surface area contributed by atoms with Gasteiger partial charge in [0, 0.05) is 6.54 Å². The van der Waals surface area contributed by atoms with E-state index in [0.29, 0.717) is 0 Å². The molecule has 20 heavy (non-hydrogen) atoms. The van der Waals surface area contributed by atoms with Gasteiger partial charge in [0.15, 0.2) is 17.4 Å². The Hall–Kier alpha value is -2.25. The lowest BCUT2D eigenvalue weighted by Gasteiger charge is -2.19. The van der Waals surface area contributed by atoms with Gasteiger partial charge in [-0.05, 0) is 19.9 Å². The van der Waals surface area contributed by atoms with Gasteiger partial charge in [0.2, 0.25) is 5.82 Å². The lowest BCUT2D eigenvalue weighted by molar-refractivity contribution is -0.146. The summed E-state index contributed by atoms with van der Waals surface area (Å²) in [5.74, 6) is -8.98. The quantitative estimate of drug-likeness (QED) is 0.736. The van der Waals surface area contributed by atoms with Crippen molar-refractivity contribution in [2.75, 3.05) is 6.54 Å². The fourth-order valence-corrected chi connectivity index (χ4v) is 1.23. The number of amides is 1. The van der Waals surface area contributed by atoms with Gasteiger partial charge in [0.05, 0.1) is 11.0 Å². The van der Waals surface area contributed by atoms with E-state index in [1.165, 1.54) is 13.8 Å². The number of phenolic OH excluding ortho intramolecular Hbond substituents is 1. The molecule has 0 aliphatic rings. The number of carbonyl (C=O) groups is 2. The predicted octanol–water partition coefficient (Wildman–Crippen LogP) is 1.65. The van der Waals surface area contributed by atoms with E-state index in [2.05, 4.69) is 5.32 Å². The minimum absolute atomic E-state index is 0.285. The third-order valence-corrected chi connectivity index (χ3v) is 2.65. The maximum absolute atomic E-state index is 13.4. The minimum atomic E-state index is -1.80. The average Bonchev–Trinajstić information content (AvgIpc) is 2.37. The van der Waals surface area contributed by atoms with Gasteiger partial charge in [-0.3, -0.25) is 9.59 Å². The van der Waals surface area contributed by atoms with Gasteiger partial charge in [0.1, 0.15) is 0 Å². The monoisotopic (exact) mass is 291 g/mol. The molecule has 1 aromatic rings. The van der Waals surface area contributed by atoms with Crippen molar-refractivity contribution in [2.45, 2.75) is 13.8 Å². The van der Waals surface area contributed by atoms with Gasteiger partial charge < -0.3 is 15.5 Å². The number of hydrogen-bond acceptors (Lipinski definition) is 3. The Labute approximate surface area is 112 Å². The number of nitrogens with one attached hydrogen (secondary N) is 1. The highest BCUT2D eigenvalue weighted by Crippen LogP contribution is 2.26. The molecule has 0 saturated carbocycles. The van der Waals surface area contributed by atoms with Crippen LogP contribution in [0.5, 0.6) is 5.75 Å². The highest BCUT2D eigenvalue weighted by atomic mass is 19.2. The molecule has 0 aromatic heterocycles. The summed E-state index contributed by atoms with van der Waals surface area (Å²) in [6.45, 7) is 2.27. The van der Waals surface area contributed by atoms with Crippen LogP contribution in [0.3, 0.4) is 0 Å². The molecule has 0 atom stereocenters. The normalized spacial score (nSPS) is 11.2. The molecule has 8 heteroatoms. The summed E-state index contributed by atoms with van der Waals surface area (Å²) in [5.41, 5.74) is -2.24. The van der Waals surface area contributed by atoms with Crippen molar-refractivity contribution in [1.29, 1.82) is 0 Å². The molecular weight excluding hydrogens is 279 g/mol. The molecule has 0 fully saturated rings. The molecule has 0 bridgehead atoms. The highest BCUT2D eigenvalue weighted by molar-refractivity contribution is 5.95. The lowest BCUT2D eigenvalue weighted by atomic mass is 9.94. The van der Waals surface area contributed by atoms with Crippen molar-refractivity contribution in [3.8, 4) is 5.75 Å². The first kappa shape index (κ1) is 15.8. The van der Waals surface area contributed by atoms with Gasteiger partial charge in [-0.2, -0.15) is 4.39 Å². The Balaban J connectivity index is 2.98. The van der Waals surface area contributed by atoms with Crippen LogP contribution in [0.4, 0.5) is 13.2 Å². The number of phenols is 1. The Morgan fingerprint density at radius 2 is 1.80 bits per heavy atom. The van der Waals surface area contributed by atoms with E-state index in [1.54, 1.807) is 0 Å². The number of hydrogen-bond donors (Lipinski definition) is 3. The molecule has 0 radical (unpaired) electrons. The van der Waals surface area contributed by atoms with E-state index in [1.807, 2.05) is 0 Å². The van der Waals surface area contributed by atoms with E-state index in [4.69, 9.17) is 10.2 Å². The van der Waals surface area contributed by atoms with Gasteiger partial charge >= 0.3 is 5.97 Å². The number of carbonyl (C=O) groups excluding carboxylic acids is 1. The molecule has 5 nitrogen and oxygen atoms in total. The fourth-order valence-electron chi connectivity index (χ4n) is 1.23. The molecule has 1 aromatic carbocycles. The highest BCUT2D eigenvalue weighted by Gasteiger charge is 2.29. The lowest BCUT2D eigenvalue weighted by Crippen LogP contribution is -2.39.